The molecule has 0 saturated carbocycles. The van der Waals surface area contributed by atoms with Gasteiger partial charge >= 0.3 is 0 Å². The van der Waals surface area contributed by atoms with Gasteiger partial charge in [-0.1, -0.05) is 24.3 Å². The summed E-state index contributed by atoms with van der Waals surface area (Å²) in [6.07, 6.45) is 3.59. The third-order valence-electron chi connectivity index (χ3n) is 4.17. The molecule has 2 heterocycles. The first-order valence-electron chi connectivity index (χ1n) is 7.68. The standard InChI is InChI=1S/C20H17N3O/c1-12-6-4-5-7-16(12)19-17(8-15(9-21)20(24)23-19)18-13(2)10-22-11-14(18)3/h4-8,10-11H,1-3H3,(H,23,24). The lowest BCUT2D eigenvalue weighted by molar-refractivity contribution is 1.19. The topological polar surface area (TPSA) is 69.5 Å². The average molecular weight is 315 g/mol. The highest BCUT2D eigenvalue weighted by molar-refractivity contribution is 5.85. The van der Waals surface area contributed by atoms with Gasteiger partial charge in [0.25, 0.3) is 5.56 Å². The minimum Gasteiger partial charge on any atom is -0.320 e. The van der Waals surface area contributed by atoms with E-state index in [1.807, 2.05) is 51.1 Å². The maximum atomic E-state index is 12.2. The minimum atomic E-state index is -0.371. The van der Waals surface area contributed by atoms with Gasteiger partial charge in [-0.05, 0) is 49.1 Å². The Labute approximate surface area is 140 Å². The van der Waals surface area contributed by atoms with Crippen molar-refractivity contribution in [2.75, 3.05) is 0 Å². The van der Waals surface area contributed by atoms with Crippen LogP contribution >= 0.6 is 0 Å². The number of pyridine rings is 2. The molecule has 24 heavy (non-hydrogen) atoms. The Balaban J connectivity index is 2.43. The third kappa shape index (κ3) is 2.61. The van der Waals surface area contributed by atoms with E-state index in [2.05, 4.69) is 9.97 Å². The number of aromatic nitrogens is 2. The van der Waals surface area contributed by atoms with Gasteiger partial charge < -0.3 is 4.98 Å². The van der Waals surface area contributed by atoms with Gasteiger partial charge in [-0.3, -0.25) is 9.78 Å². The maximum Gasteiger partial charge on any atom is 0.266 e. The molecule has 118 valence electrons. The van der Waals surface area contributed by atoms with Gasteiger partial charge in [0.1, 0.15) is 11.6 Å². The van der Waals surface area contributed by atoms with Crippen LogP contribution in [0.2, 0.25) is 0 Å². The zero-order valence-electron chi connectivity index (χ0n) is 13.8. The molecule has 0 aliphatic heterocycles. The highest BCUT2D eigenvalue weighted by atomic mass is 16.1. The molecule has 0 radical (unpaired) electrons. The third-order valence-corrected chi connectivity index (χ3v) is 4.17. The molecule has 4 nitrogen and oxygen atoms in total. The molecular weight excluding hydrogens is 298 g/mol. The lowest BCUT2D eigenvalue weighted by Crippen LogP contribution is -2.12. The lowest BCUT2D eigenvalue weighted by Gasteiger charge is -2.16. The van der Waals surface area contributed by atoms with Crippen molar-refractivity contribution >= 4 is 0 Å². The van der Waals surface area contributed by atoms with Crippen LogP contribution in [0.5, 0.6) is 0 Å². The van der Waals surface area contributed by atoms with Crippen molar-refractivity contribution in [1.29, 1.82) is 5.26 Å². The first kappa shape index (κ1) is 15.7. The second kappa shape index (κ2) is 6.13. The summed E-state index contributed by atoms with van der Waals surface area (Å²) >= 11 is 0. The van der Waals surface area contributed by atoms with Crippen LogP contribution in [0.25, 0.3) is 22.4 Å². The van der Waals surface area contributed by atoms with Crippen molar-refractivity contribution in [3.05, 3.63) is 75.3 Å². The number of aromatic amines is 1. The summed E-state index contributed by atoms with van der Waals surface area (Å²) in [5, 5.41) is 9.26. The number of hydrogen-bond donors (Lipinski definition) is 1. The molecule has 0 aliphatic rings. The van der Waals surface area contributed by atoms with Crippen molar-refractivity contribution in [3.63, 3.8) is 0 Å². The van der Waals surface area contributed by atoms with E-state index in [1.54, 1.807) is 18.5 Å². The van der Waals surface area contributed by atoms with Crippen molar-refractivity contribution in [3.8, 4) is 28.5 Å². The molecule has 0 unspecified atom stereocenters. The molecule has 3 aromatic rings. The highest BCUT2D eigenvalue weighted by Crippen LogP contribution is 2.35. The first-order valence-corrected chi connectivity index (χ1v) is 7.68. The van der Waals surface area contributed by atoms with Gasteiger partial charge in [0.15, 0.2) is 0 Å². The van der Waals surface area contributed by atoms with E-state index >= 15 is 0 Å². The summed E-state index contributed by atoms with van der Waals surface area (Å²) in [5.74, 6) is 0. The second-order valence-electron chi connectivity index (χ2n) is 5.88. The van der Waals surface area contributed by atoms with Crippen LogP contribution in [0, 0.1) is 32.1 Å². The summed E-state index contributed by atoms with van der Waals surface area (Å²) in [7, 11) is 0. The van der Waals surface area contributed by atoms with Gasteiger partial charge in [-0.15, -0.1) is 0 Å². The van der Waals surface area contributed by atoms with Crippen LogP contribution in [0.15, 0.2) is 47.5 Å². The Kier molecular flexibility index (Phi) is 4.01. The predicted molar refractivity (Wildman–Crippen MR) is 94.7 cm³/mol. The molecule has 0 amide bonds. The SMILES string of the molecule is Cc1ccccc1-c1[nH]c(=O)c(C#N)cc1-c1c(C)cncc1C. The Morgan fingerprint density at radius 2 is 1.67 bits per heavy atom. The van der Waals surface area contributed by atoms with Crippen LogP contribution in [-0.4, -0.2) is 9.97 Å². The van der Waals surface area contributed by atoms with E-state index in [0.717, 1.165) is 39.1 Å². The zero-order valence-corrected chi connectivity index (χ0v) is 13.8. The summed E-state index contributed by atoms with van der Waals surface area (Å²) in [6, 6.07) is 11.5. The molecule has 0 saturated heterocycles. The molecule has 1 aromatic carbocycles. The quantitative estimate of drug-likeness (QED) is 0.779. The van der Waals surface area contributed by atoms with E-state index in [9.17, 15) is 10.1 Å². The second-order valence-corrected chi connectivity index (χ2v) is 5.88. The van der Waals surface area contributed by atoms with Crippen LogP contribution in [0.1, 0.15) is 22.3 Å². The molecule has 4 heteroatoms. The fourth-order valence-corrected chi connectivity index (χ4v) is 3.00. The van der Waals surface area contributed by atoms with Crippen molar-refractivity contribution < 1.29 is 0 Å². The monoisotopic (exact) mass is 315 g/mol. The summed E-state index contributed by atoms with van der Waals surface area (Å²) in [4.78, 5) is 19.3. The largest absolute Gasteiger partial charge is 0.320 e. The number of hydrogen-bond acceptors (Lipinski definition) is 3. The van der Waals surface area contributed by atoms with Gasteiger partial charge in [-0.2, -0.15) is 5.26 Å². The zero-order chi connectivity index (χ0) is 17.3. The van der Waals surface area contributed by atoms with Crippen molar-refractivity contribution in [2.45, 2.75) is 20.8 Å². The first-order chi connectivity index (χ1) is 11.5. The van der Waals surface area contributed by atoms with Crippen LogP contribution in [-0.2, 0) is 0 Å². The number of aryl methyl sites for hydroxylation is 3. The summed E-state index contributed by atoms with van der Waals surface area (Å²) in [6.45, 7) is 5.96. The van der Waals surface area contributed by atoms with Crippen LogP contribution in [0.3, 0.4) is 0 Å². The Hall–Kier alpha value is -3.19. The van der Waals surface area contributed by atoms with E-state index in [0.29, 0.717) is 0 Å². The predicted octanol–water partition coefficient (Wildman–Crippen LogP) is 3.90. The lowest BCUT2D eigenvalue weighted by atomic mass is 9.92. The maximum absolute atomic E-state index is 12.2. The fraction of sp³-hybridized carbons (Fsp3) is 0.150. The summed E-state index contributed by atoms with van der Waals surface area (Å²) < 4.78 is 0. The van der Waals surface area contributed by atoms with E-state index in [4.69, 9.17) is 0 Å². The Bertz CT molecular complexity index is 1010. The van der Waals surface area contributed by atoms with Crippen molar-refractivity contribution in [1.82, 2.24) is 9.97 Å². The van der Waals surface area contributed by atoms with E-state index < -0.39 is 0 Å². The smallest absolute Gasteiger partial charge is 0.266 e. The number of benzene rings is 1. The molecule has 2 aromatic heterocycles. The molecule has 0 spiro atoms. The fourth-order valence-electron chi connectivity index (χ4n) is 3.00. The van der Waals surface area contributed by atoms with E-state index in [1.165, 1.54) is 0 Å². The van der Waals surface area contributed by atoms with Crippen molar-refractivity contribution in [2.24, 2.45) is 0 Å². The molecule has 0 fully saturated rings. The molecule has 0 aliphatic carbocycles. The number of nitrogens with zero attached hydrogens (tertiary/aromatic N) is 2. The average Bonchev–Trinajstić information content (AvgIpc) is 2.56. The number of rotatable bonds is 2. The van der Waals surface area contributed by atoms with Gasteiger partial charge in [0, 0.05) is 23.5 Å². The van der Waals surface area contributed by atoms with E-state index in [-0.39, 0.29) is 11.1 Å². The van der Waals surface area contributed by atoms with Gasteiger partial charge in [0.2, 0.25) is 0 Å². The molecular formula is C20H17N3O. The Morgan fingerprint density at radius 1 is 1.00 bits per heavy atom. The van der Waals surface area contributed by atoms with Gasteiger partial charge in [-0.25, -0.2) is 0 Å². The number of nitrogens with one attached hydrogen (secondary N) is 1. The molecule has 0 atom stereocenters. The number of nitriles is 1. The van der Waals surface area contributed by atoms with Gasteiger partial charge in [0.05, 0.1) is 5.69 Å². The molecule has 3 rings (SSSR count). The normalized spacial score (nSPS) is 10.4. The molecule has 1 N–H and O–H groups in total. The van der Waals surface area contributed by atoms with Crippen LogP contribution < -0.4 is 5.56 Å². The highest BCUT2D eigenvalue weighted by Gasteiger charge is 2.16. The summed E-state index contributed by atoms with van der Waals surface area (Å²) in [5.41, 5.74) is 6.32. The Morgan fingerprint density at radius 3 is 2.29 bits per heavy atom. The minimum absolute atomic E-state index is 0.109. The number of H-pyrrole nitrogens is 1. The van der Waals surface area contributed by atoms with Crippen LogP contribution in [0.4, 0.5) is 0 Å². The molecule has 0 bridgehead atoms.